The fourth-order valence-electron chi connectivity index (χ4n) is 6.52. The predicted octanol–water partition coefficient (Wildman–Crippen LogP) is 5.41. The van der Waals surface area contributed by atoms with Crippen molar-refractivity contribution in [2.75, 3.05) is 13.7 Å². The third-order valence-electron chi connectivity index (χ3n) is 9.29. The number of amides is 2. The number of methoxy groups -OCH3 is 1. The molecule has 2 aliphatic heterocycles. The quantitative estimate of drug-likeness (QED) is 0.476. The normalized spacial score (nSPS) is 31.0. The predicted molar refractivity (Wildman–Crippen MR) is 158 cm³/mol. The lowest BCUT2D eigenvalue weighted by atomic mass is 9.85. The van der Waals surface area contributed by atoms with Crippen LogP contribution in [0.25, 0.3) is 11.0 Å². The zero-order valence-corrected chi connectivity index (χ0v) is 26.4. The number of rotatable bonds is 2. The van der Waals surface area contributed by atoms with Gasteiger partial charge in [-0.3, -0.25) is 9.59 Å². The number of ketones is 1. The fraction of sp³-hybridized carbons (Fsp3) is 0.656. The summed E-state index contributed by atoms with van der Waals surface area (Å²) < 4.78 is 49.1. The Balaban J connectivity index is 1.58. The number of alkyl halides is 2. The van der Waals surface area contributed by atoms with E-state index in [1.807, 2.05) is 27.7 Å². The molecule has 240 valence electrons. The first-order valence-electron chi connectivity index (χ1n) is 15.3. The molecular formula is C32H42F2N4O6. The molecule has 2 fully saturated rings. The number of nitrogens with zero attached hydrogens (tertiary/aromatic N) is 3. The van der Waals surface area contributed by atoms with Gasteiger partial charge in [0.15, 0.2) is 11.5 Å². The summed E-state index contributed by atoms with van der Waals surface area (Å²) in [5.41, 5.74) is -1.46. The van der Waals surface area contributed by atoms with Gasteiger partial charge in [-0.05, 0) is 50.7 Å². The molecule has 6 atom stereocenters. The number of hydrogen-bond acceptors (Lipinski definition) is 8. The van der Waals surface area contributed by atoms with Crippen LogP contribution < -0.4 is 14.8 Å². The number of benzene rings is 1. The Morgan fingerprint density at radius 1 is 1.16 bits per heavy atom. The first-order chi connectivity index (χ1) is 20.5. The smallest absolute Gasteiger partial charge is 0.408 e. The molecule has 3 aliphatic rings. The van der Waals surface area contributed by atoms with Crippen molar-refractivity contribution < 1.29 is 37.4 Å². The largest absolute Gasteiger partial charge is 0.497 e. The maximum Gasteiger partial charge on any atom is 0.408 e. The van der Waals surface area contributed by atoms with Crippen molar-refractivity contribution in [2.24, 2.45) is 17.3 Å². The van der Waals surface area contributed by atoms with Gasteiger partial charge in [0.25, 0.3) is 5.92 Å². The lowest BCUT2D eigenvalue weighted by molar-refractivity contribution is -0.141. The minimum Gasteiger partial charge on any atom is -0.497 e. The van der Waals surface area contributed by atoms with E-state index < -0.39 is 65.2 Å². The first-order valence-corrected chi connectivity index (χ1v) is 15.3. The summed E-state index contributed by atoms with van der Waals surface area (Å²) in [6.45, 7) is 10.3. The number of halogens is 2. The van der Waals surface area contributed by atoms with Crippen molar-refractivity contribution in [3.05, 3.63) is 23.9 Å². The number of Topliss-reactive ketones (excluding diaryl/α,β-unsaturated/α-hetero) is 1. The second-order valence-electron chi connectivity index (χ2n) is 13.8. The van der Waals surface area contributed by atoms with Crippen LogP contribution in [0.2, 0.25) is 0 Å². The average Bonchev–Trinajstić information content (AvgIpc) is 3.45. The molecule has 1 saturated carbocycles. The van der Waals surface area contributed by atoms with E-state index in [1.54, 1.807) is 25.1 Å². The lowest BCUT2D eigenvalue weighted by Gasteiger charge is -2.35. The molecule has 1 aromatic carbocycles. The highest BCUT2D eigenvalue weighted by Crippen LogP contribution is 2.50. The minimum atomic E-state index is -3.36. The van der Waals surface area contributed by atoms with Crippen molar-refractivity contribution in [3.63, 3.8) is 0 Å². The molecule has 2 aromatic rings. The molecule has 0 unspecified atom stereocenters. The van der Waals surface area contributed by atoms with Gasteiger partial charge in [0.05, 0.1) is 30.7 Å². The maximum atomic E-state index is 15.9. The number of nitrogens with one attached hydrogen (secondary N) is 1. The van der Waals surface area contributed by atoms with E-state index in [-0.39, 0.29) is 36.1 Å². The van der Waals surface area contributed by atoms with Gasteiger partial charge in [-0.2, -0.15) is 8.78 Å². The summed E-state index contributed by atoms with van der Waals surface area (Å²) in [7, 11) is 1.49. The lowest BCUT2D eigenvalue weighted by Crippen LogP contribution is -2.57. The summed E-state index contributed by atoms with van der Waals surface area (Å²) in [6, 6.07) is 2.87. The molecule has 5 rings (SSSR count). The van der Waals surface area contributed by atoms with Gasteiger partial charge in [0.2, 0.25) is 11.8 Å². The molecular weight excluding hydrogens is 574 g/mol. The van der Waals surface area contributed by atoms with Crippen LogP contribution in [0.3, 0.4) is 0 Å². The molecule has 2 bridgehead atoms. The van der Waals surface area contributed by atoms with Gasteiger partial charge < -0.3 is 24.4 Å². The molecule has 10 nitrogen and oxygen atoms in total. The zero-order valence-electron chi connectivity index (χ0n) is 26.4. The van der Waals surface area contributed by atoms with E-state index in [2.05, 4.69) is 15.3 Å². The molecule has 1 N–H and O–H groups in total. The van der Waals surface area contributed by atoms with E-state index in [1.165, 1.54) is 18.9 Å². The summed E-state index contributed by atoms with van der Waals surface area (Å²) in [5, 5.41) is 2.77. The van der Waals surface area contributed by atoms with Gasteiger partial charge in [-0.1, -0.05) is 34.1 Å². The standard InChI is InChI=1S/C32H42F2N4O6/c1-17-23-16-38(24(17)18(2)39)28(40)26(30(3,4)5)37-29(41)44-31(6)15-19(31)10-8-9-13-32(33,34)25-27(43-23)36-22-14-20(42-7)11-12-21(22)35-25/h11-12,14,17,19,23-24,26H,8-10,13,15-16H2,1-7H3,(H,37,41)/t17-,19-,23+,24+,26-,31-/m1/s1. The number of hydrogen-bond donors (Lipinski definition) is 1. The summed E-state index contributed by atoms with van der Waals surface area (Å²) in [5.74, 6) is -4.53. The van der Waals surface area contributed by atoms with E-state index in [0.717, 1.165) is 0 Å². The Hall–Kier alpha value is -3.57. The zero-order chi connectivity index (χ0) is 32.2. The molecule has 1 aromatic heterocycles. The van der Waals surface area contributed by atoms with Crippen LogP contribution in [0.4, 0.5) is 13.6 Å². The van der Waals surface area contributed by atoms with Crippen LogP contribution in [0.5, 0.6) is 11.6 Å². The molecule has 0 radical (unpaired) electrons. The van der Waals surface area contributed by atoms with Crippen LogP contribution >= 0.6 is 0 Å². The highest BCUT2D eigenvalue weighted by Gasteiger charge is 2.54. The van der Waals surface area contributed by atoms with Crippen LogP contribution in [-0.4, -0.2) is 70.1 Å². The van der Waals surface area contributed by atoms with E-state index >= 15 is 8.78 Å². The van der Waals surface area contributed by atoms with Crippen LogP contribution in [-0.2, 0) is 20.2 Å². The SMILES string of the molecule is COc1ccc2nc3c(nc2c1)O[C@H]1CN(C(=O)[C@H](C(C)(C)C)NC(=O)O[C@]2(C)C[C@H]2CCCCC3(F)F)[C@H](C(C)=O)[C@@H]1C. The monoisotopic (exact) mass is 616 g/mol. The second-order valence-corrected chi connectivity index (χ2v) is 13.8. The van der Waals surface area contributed by atoms with Crippen LogP contribution in [0.15, 0.2) is 18.2 Å². The van der Waals surface area contributed by atoms with Crippen molar-refractivity contribution in [1.82, 2.24) is 20.2 Å². The van der Waals surface area contributed by atoms with Gasteiger partial charge in [-0.25, -0.2) is 14.8 Å². The Kier molecular flexibility index (Phi) is 8.26. The maximum absolute atomic E-state index is 15.9. The molecule has 0 spiro atoms. The fourth-order valence-corrected chi connectivity index (χ4v) is 6.52. The Labute approximate surface area is 256 Å². The van der Waals surface area contributed by atoms with Gasteiger partial charge in [0.1, 0.15) is 23.5 Å². The molecule has 3 heterocycles. The third kappa shape index (κ3) is 6.17. The first kappa shape index (κ1) is 31.8. The average molecular weight is 617 g/mol. The molecule has 1 aliphatic carbocycles. The Bertz CT molecular complexity index is 1460. The topological polar surface area (TPSA) is 120 Å². The number of ether oxygens (including phenoxy) is 3. The van der Waals surface area contributed by atoms with E-state index in [4.69, 9.17) is 14.2 Å². The number of carbonyl (C=O) groups excluding carboxylic acids is 3. The number of fused-ring (bicyclic) bond motifs is 5. The van der Waals surface area contributed by atoms with E-state index in [0.29, 0.717) is 30.5 Å². The highest BCUT2D eigenvalue weighted by atomic mass is 19.3. The van der Waals surface area contributed by atoms with E-state index in [9.17, 15) is 14.4 Å². The summed E-state index contributed by atoms with van der Waals surface area (Å²) >= 11 is 0. The Morgan fingerprint density at radius 3 is 2.55 bits per heavy atom. The second kappa shape index (κ2) is 11.4. The molecule has 12 heteroatoms. The number of alkyl carbamates (subject to hydrolysis) is 1. The van der Waals surface area contributed by atoms with Crippen molar-refractivity contribution in [3.8, 4) is 11.6 Å². The van der Waals surface area contributed by atoms with Crippen LogP contribution in [0, 0.1) is 17.3 Å². The molecule has 44 heavy (non-hydrogen) atoms. The third-order valence-corrected chi connectivity index (χ3v) is 9.29. The Morgan fingerprint density at radius 2 is 1.89 bits per heavy atom. The molecule has 2 amide bonds. The summed E-state index contributed by atoms with van der Waals surface area (Å²) in [6.07, 6.45) is -0.0960. The van der Waals surface area contributed by atoms with Crippen molar-refractivity contribution in [2.45, 2.75) is 103 Å². The van der Waals surface area contributed by atoms with Gasteiger partial charge in [-0.15, -0.1) is 0 Å². The number of carbonyl (C=O) groups is 3. The van der Waals surface area contributed by atoms with Crippen molar-refractivity contribution in [1.29, 1.82) is 0 Å². The summed E-state index contributed by atoms with van der Waals surface area (Å²) in [4.78, 5) is 50.3. The van der Waals surface area contributed by atoms with Gasteiger partial charge >= 0.3 is 6.09 Å². The van der Waals surface area contributed by atoms with Crippen LogP contribution in [0.1, 0.15) is 79.3 Å². The van der Waals surface area contributed by atoms with Crippen molar-refractivity contribution >= 4 is 28.8 Å². The highest BCUT2D eigenvalue weighted by molar-refractivity contribution is 5.92. The minimum absolute atomic E-state index is 0.0289. The number of aromatic nitrogens is 2. The van der Waals surface area contributed by atoms with Gasteiger partial charge in [0, 0.05) is 24.3 Å². The molecule has 1 saturated heterocycles.